The third-order valence-corrected chi connectivity index (χ3v) is 4.10. The van der Waals surface area contributed by atoms with Crippen LogP contribution in [0.1, 0.15) is 11.3 Å². The van der Waals surface area contributed by atoms with Gasteiger partial charge in [0, 0.05) is 24.8 Å². The molecule has 0 aliphatic heterocycles. The maximum absolute atomic E-state index is 12.2. The largest absolute Gasteiger partial charge is 0.496 e. The zero-order valence-corrected chi connectivity index (χ0v) is 15.5. The highest BCUT2D eigenvalue weighted by Gasteiger charge is 2.13. The van der Waals surface area contributed by atoms with Gasteiger partial charge in [0.15, 0.2) is 12.4 Å². The molecule has 0 saturated heterocycles. The lowest BCUT2D eigenvalue weighted by molar-refractivity contribution is -0.132. The highest BCUT2D eigenvalue weighted by atomic mass is 127. The van der Waals surface area contributed by atoms with E-state index < -0.39 is 0 Å². The number of aryl methyl sites for hydroxylation is 1. The Hall–Kier alpha value is -1.83. The van der Waals surface area contributed by atoms with E-state index in [2.05, 4.69) is 27.6 Å². The minimum atomic E-state index is -0.104. The molecule has 1 amide bonds. The number of aromatic nitrogens is 1. The van der Waals surface area contributed by atoms with Gasteiger partial charge in [-0.05, 0) is 47.7 Å². The first-order valence-corrected chi connectivity index (χ1v) is 8.21. The highest BCUT2D eigenvalue weighted by molar-refractivity contribution is 14.1. The van der Waals surface area contributed by atoms with Crippen molar-refractivity contribution >= 4 is 28.5 Å². The van der Waals surface area contributed by atoms with Crippen LogP contribution >= 0.6 is 22.6 Å². The Balaban J connectivity index is 1.95. The summed E-state index contributed by atoms with van der Waals surface area (Å²) in [5.41, 5.74) is 1.87. The van der Waals surface area contributed by atoms with Crippen molar-refractivity contribution in [3.63, 3.8) is 0 Å². The Morgan fingerprint density at radius 2 is 1.96 bits per heavy atom. The molecule has 0 saturated carbocycles. The van der Waals surface area contributed by atoms with Crippen molar-refractivity contribution in [1.82, 2.24) is 9.88 Å². The minimum Gasteiger partial charge on any atom is -0.496 e. The van der Waals surface area contributed by atoms with Crippen molar-refractivity contribution in [1.29, 1.82) is 0 Å². The molecule has 0 aliphatic carbocycles. The molecule has 2 rings (SSSR count). The van der Waals surface area contributed by atoms with Crippen molar-refractivity contribution in [2.45, 2.75) is 13.5 Å². The molecule has 23 heavy (non-hydrogen) atoms. The van der Waals surface area contributed by atoms with E-state index in [1.54, 1.807) is 19.1 Å². The fraction of sp³-hybridized carbons (Fsp3) is 0.294. The monoisotopic (exact) mass is 426 g/mol. The second kappa shape index (κ2) is 8.14. The first kappa shape index (κ1) is 17.5. The summed E-state index contributed by atoms with van der Waals surface area (Å²) >= 11 is 2.10. The molecule has 1 aromatic carbocycles. The number of hydrogen-bond donors (Lipinski definition) is 0. The van der Waals surface area contributed by atoms with Gasteiger partial charge in [-0.1, -0.05) is 18.2 Å². The van der Waals surface area contributed by atoms with Gasteiger partial charge < -0.3 is 14.4 Å². The quantitative estimate of drug-likeness (QED) is 0.527. The van der Waals surface area contributed by atoms with E-state index in [-0.39, 0.29) is 12.5 Å². The normalized spacial score (nSPS) is 10.3. The van der Waals surface area contributed by atoms with Gasteiger partial charge in [0.25, 0.3) is 5.91 Å². The fourth-order valence-corrected chi connectivity index (χ4v) is 2.76. The smallest absolute Gasteiger partial charge is 0.260 e. The molecular weight excluding hydrogens is 407 g/mol. The van der Waals surface area contributed by atoms with Gasteiger partial charge in [0.05, 0.1) is 7.11 Å². The zero-order chi connectivity index (χ0) is 16.8. The predicted octanol–water partition coefficient (Wildman–Crippen LogP) is 3.04. The maximum Gasteiger partial charge on any atom is 0.260 e. The van der Waals surface area contributed by atoms with E-state index in [0.717, 1.165) is 20.7 Å². The number of halogens is 1. The van der Waals surface area contributed by atoms with Crippen LogP contribution in [-0.2, 0) is 11.3 Å². The Kier molecular flexibility index (Phi) is 6.20. The van der Waals surface area contributed by atoms with Crippen LogP contribution in [0.5, 0.6) is 11.5 Å². The van der Waals surface area contributed by atoms with Gasteiger partial charge in [-0.3, -0.25) is 4.79 Å². The average Bonchev–Trinajstić information content (AvgIpc) is 2.54. The molecule has 122 valence electrons. The van der Waals surface area contributed by atoms with E-state index in [4.69, 9.17) is 9.47 Å². The number of rotatable bonds is 6. The number of carbonyl (C=O) groups is 1. The molecule has 0 unspecified atom stereocenters. The summed E-state index contributed by atoms with van der Waals surface area (Å²) in [6.07, 6.45) is 0. The fourth-order valence-electron chi connectivity index (χ4n) is 2.05. The molecule has 0 aliphatic rings. The van der Waals surface area contributed by atoms with Crippen LogP contribution in [0.2, 0.25) is 0 Å². The van der Waals surface area contributed by atoms with Crippen LogP contribution in [0, 0.1) is 10.6 Å². The topological polar surface area (TPSA) is 51.7 Å². The number of methoxy groups -OCH3 is 1. The maximum atomic E-state index is 12.2. The Morgan fingerprint density at radius 3 is 2.65 bits per heavy atom. The number of pyridine rings is 1. The summed E-state index contributed by atoms with van der Waals surface area (Å²) in [5.74, 6) is 1.29. The number of benzene rings is 1. The van der Waals surface area contributed by atoms with E-state index in [0.29, 0.717) is 12.3 Å². The van der Waals surface area contributed by atoms with Gasteiger partial charge in [-0.15, -0.1) is 0 Å². The summed E-state index contributed by atoms with van der Waals surface area (Å²) in [4.78, 5) is 18.2. The lowest BCUT2D eigenvalue weighted by Crippen LogP contribution is -2.31. The van der Waals surface area contributed by atoms with Crippen LogP contribution < -0.4 is 9.47 Å². The third kappa shape index (κ3) is 4.82. The van der Waals surface area contributed by atoms with Crippen LogP contribution in [-0.4, -0.2) is 36.6 Å². The molecule has 0 atom stereocenters. The molecule has 0 N–H and O–H groups in total. The summed E-state index contributed by atoms with van der Waals surface area (Å²) in [5, 5.41) is 0. The Morgan fingerprint density at radius 1 is 1.22 bits per heavy atom. The van der Waals surface area contributed by atoms with E-state index in [1.807, 2.05) is 43.3 Å². The lowest BCUT2D eigenvalue weighted by atomic mass is 10.2. The number of amides is 1. The minimum absolute atomic E-state index is 0.0214. The zero-order valence-electron chi connectivity index (χ0n) is 13.4. The van der Waals surface area contributed by atoms with Crippen molar-refractivity contribution in [2.24, 2.45) is 0 Å². The molecule has 2 aromatic rings. The predicted molar refractivity (Wildman–Crippen MR) is 96.7 cm³/mol. The molecular formula is C17H19IN2O3. The molecule has 6 heteroatoms. The Labute approximate surface area is 149 Å². The molecule has 1 aromatic heterocycles. The van der Waals surface area contributed by atoms with Crippen molar-refractivity contribution in [2.75, 3.05) is 20.8 Å². The number of carbonyl (C=O) groups excluding carboxylic acids is 1. The molecule has 1 heterocycles. The summed E-state index contributed by atoms with van der Waals surface area (Å²) in [6, 6.07) is 11.3. The van der Waals surface area contributed by atoms with E-state index >= 15 is 0 Å². The van der Waals surface area contributed by atoms with Crippen molar-refractivity contribution < 1.29 is 14.3 Å². The van der Waals surface area contributed by atoms with Crippen LogP contribution in [0.4, 0.5) is 0 Å². The molecule has 5 nitrogen and oxygen atoms in total. The first-order chi connectivity index (χ1) is 11.0. The number of ether oxygens (including phenoxy) is 2. The molecule has 0 radical (unpaired) electrons. The first-order valence-electron chi connectivity index (χ1n) is 7.13. The van der Waals surface area contributed by atoms with Crippen LogP contribution in [0.25, 0.3) is 0 Å². The second-order valence-corrected chi connectivity index (χ2v) is 6.11. The summed E-state index contributed by atoms with van der Waals surface area (Å²) < 4.78 is 11.6. The lowest BCUT2D eigenvalue weighted by Gasteiger charge is -2.19. The molecule has 0 bridgehead atoms. The number of nitrogens with zero attached hydrogens (tertiary/aromatic N) is 2. The molecule has 0 spiro atoms. The standard InChI is InChI=1S/C17H19IN2O3/c1-12-8-9-15(17(18)19-12)23-11-16(21)20(2)10-13-6-4-5-7-14(13)22-3/h4-9H,10-11H2,1-3H3. The third-order valence-electron chi connectivity index (χ3n) is 3.33. The van der Waals surface area contributed by atoms with Crippen LogP contribution in [0.3, 0.4) is 0 Å². The average molecular weight is 426 g/mol. The number of para-hydroxylation sites is 1. The van der Waals surface area contributed by atoms with Gasteiger partial charge in [0.1, 0.15) is 9.45 Å². The Bertz CT molecular complexity index is 691. The SMILES string of the molecule is COc1ccccc1CN(C)C(=O)COc1ccc(C)nc1I. The molecule has 0 fully saturated rings. The highest BCUT2D eigenvalue weighted by Crippen LogP contribution is 2.20. The number of hydrogen-bond acceptors (Lipinski definition) is 4. The van der Waals surface area contributed by atoms with Gasteiger partial charge >= 0.3 is 0 Å². The number of likely N-dealkylation sites (N-methyl/N-ethyl adjacent to an activating group) is 1. The van der Waals surface area contributed by atoms with Crippen molar-refractivity contribution in [3.05, 3.63) is 51.4 Å². The van der Waals surface area contributed by atoms with Gasteiger partial charge in [-0.25, -0.2) is 4.98 Å². The van der Waals surface area contributed by atoms with Gasteiger partial charge in [0.2, 0.25) is 0 Å². The van der Waals surface area contributed by atoms with Crippen LogP contribution in [0.15, 0.2) is 36.4 Å². The summed E-state index contributed by atoms with van der Waals surface area (Å²) in [7, 11) is 3.37. The van der Waals surface area contributed by atoms with E-state index in [1.165, 1.54) is 0 Å². The second-order valence-electron chi connectivity index (χ2n) is 5.09. The summed E-state index contributed by atoms with van der Waals surface area (Å²) in [6.45, 7) is 2.36. The van der Waals surface area contributed by atoms with Crippen molar-refractivity contribution in [3.8, 4) is 11.5 Å². The van der Waals surface area contributed by atoms with Gasteiger partial charge in [-0.2, -0.15) is 0 Å². The van der Waals surface area contributed by atoms with E-state index in [9.17, 15) is 4.79 Å².